The molecule has 0 saturated heterocycles. The summed E-state index contributed by atoms with van der Waals surface area (Å²) in [6, 6.07) is 0.506. The minimum atomic E-state index is -1.03. The van der Waals surface area contributed by atoms with Gasteiger partial charge in [0.25, 0.3) is 0 Å². The summed E-state index contributed by atoms with van der Waals surface area (Å²) >= 11 is 0. The van der Waals surface area contributed by atoms with Crippen molar-refractivity contribution in [3.8, 4) is 0 Å². The number of carboxylic acid groups (broad SMARTS) is 1. The summed E-state index contributed by atoms with van der Waals surface area (Å²) < 4.78 is 4.88. The van der Waals surface area contributed by atoms with Gasteiger partial charge in [-0.25, -0.2) is 4.79 Å². The average molecular weight is 287 g/mol. The predicted octanol–water partition coefficient (Wildman–Crippen LogP) is 0.212. The third kappa shape index (κ3) is 5.75. The van der Waals surface area contributed by atoms with Crippen molar-refractivity contribution in [2.45, 2.75) is 31.8 Å². The molecule has 1 atom stereocenters. The van der Waals surface area contributed by atoms with Crippen molar-refractivity contribution < 1.29 is 19.4 Å². The van der Waals surface area contributed by atoms with E-state index < -0.39 is 5.97 Å². The number of carboxylic acids is 1. The molecular formula is C13H25N3O4. The normalized spacial score (nSPS) is 16.0. The summed E-state index contributed by atoms with van der Waals surface area (Å²) in [6.45, 7) is 2.83. The van der Waals surface area contributed by atoms with E-state index in [-0.39, 0.29) is 25.2 Å². The number of urea groups is 1. The van der Waals surface area contributed by atoms with E-state index in [9.17, 15) is 9.59 Å². The molecule has 0 heterocycles. The lowest BCUT2D eigenvalue weighted by Crippen LogP contribution is -2.48. The van der Waals surface area contributed by atoms with Crippen LogP contribution in [0.1, 0.15) is 19.8 Å². The average Bonchev–Trinajstić information content (AvgIpc) is 3.23. The van der Waals surface area contributed by atoms with E-state index >= 15 is 0 Å². The number of likely N-dealkylation sites (N-methyl/N-ethyl adjacent to an activating group) is 1. The minimum absolute atomic E-state index is 0.237. The highest BCUT2D eigenvalue weighted by Gasteiger charge is 2.29. The maximum absolute atomic E-state index is 12.0. The largest absolute Gasteiger partial charge is 0.480 e. The van der Waals surface area contributed by atoms with Gasteiger partial charge in [-0.1, -0.05) is 0 Å². The Morgan fingerprint density at radius 1 is 1.45 bits per heavy atom. The summed E-state index contributed by atoms with van der Waals surface area (Å²) in [7, 11) is 3.57. The van der Waals surface area contributed by atoms with Crippen LogP contribution in [0.15, 0.2) is 0 Å². The fourth-order valence-corrected chi connectivity index (χ4v) is 1.95. The molecule has 2 amide bonds. The lowest BCUT2D eigenvalue weighted by atomic mass is 10.3. The molecule has 1 aliphatic rings. The van der Waals surface area contributed by atoms with Crippen molar-refractivity contribution in [3.05, 3.63) is 0 Å². The number of carbonyl (C=O) groups excluding carboxylic acids is 1. The number of nitrogens with one attached hydrogen (secondary N) is 1. The quantitative estimate of drug-likeness (QED) is 0.633. The number of rotatable bonds is 9. The molecule has 116 valence electrons. The first-order valence-corrected chi connectivity index (χ1v) is 6.91. The van der Waals surface area contributed by atoms with Crippen molar-refractivity contribution in [2.75, 3.05) is 40.4 Å². The first kappa shape index (κ1) is 16.7. The number of amides is 2. The lowest BCUT2D eigenvalue weighted by Gasteiger charge is -2.26. The molecule has 7 nitrogen and oxygen atoms in total. The maximum atomic E-state index is 12.0. The van der Waals surface area contributed by atoms with E-state index in [1.54, 1.807) is 0 Å². The van der Waals surface area contributed by atoms with Crippen molar-refractivity contribution in [3.63, 3.8) is 0 Å². The Morgan fingerprint density at radius 3 is 2.60 bits per heavy atom. The fourth-order valence-electron chi connectivity index (χ4n) is 1.95. The molecular weight excluding hydrogens is 262 g/mol. The van der Waals surface area contributed by atoms with Crippen LogP contribution in [-0.4, -0.2) is 79.4 Å². The number of methoxy groups -OCH3 is 1. The monoisotopic (exact) mass is 287 g/mol. The summed E-state index contributed by atoms with van der Waals surface area (Å²) in [5, 5.41) is 11.6. The van der Waals surface area contributed by atoms with Gasteiger partial charge in [-0.3, -0.25) is 9.69 Å². The van der Waals surface area contributed by atoms with Crippen LogP contribution >= 0.6 is 0 Å². The summed E-state index contributed by atoms with van der Waals surface area (Å²) in [5.41, 5.74) is 0. The van der Waals surface area contributed by atoms with Gasteiger partial charge in [-0.15, -0.1) is 0 Å². The smallest absolute Gasteiger partial charge is 0.323 e. The van der Waals surface area contributed by atoms with Gasteiger partial charge in [0.1, 0.15) is 6.54 Å². The van der Waals surface area contributed by atoms with Crippen molar-refractivity contribution >= 4 is 12.0 Å². The SMILES string of the molecule is COCCN(CC(=O)O)C(=O)NCC(C)N(C)C1CC1. The Kier molecular flexibility index (Phi) is 6.74. The molecule has 2 N–H and O–H groups in total. The standard InChI is InChI=1S/C13H25N3O4/c1-10(15(2)11-4-5-11)8-14-13(19)16(6-7-20-3)9-12(17)18/h10-11H,4-9H2,1-3H3,(H,14,19)(H,17,18). The van der Waals surface area contributed by atoms with E-state index in [0.29, 0.717) is 19.2 Å². The van der Waals surface area contributed by atoms with E-state index in [0.717, 1.165) is 0 Å². The minimum Gasteiger partial charge on any atom is -0.480 e. The van der Waals surface area contributed by atoms with E-state index in [2.05, 4.69) is 24.2 Å². The molecule has 1 rings (SSSR count). The number of ether oxygens (including phenoxy) is 1. The molecule has 20 heavy (non-hydrogen) atoms. The number of aliphatic carboxylic acids is 1. The van der Waals surface area contributed by atoms with Crippen molar-refractivity contribution in [1.29, 1.82) is 0 Å². The molecule has 0 bridgehead atoms. The Labute approximate surface area is 119 Å². The van der Waals surface area contributed by atoms with Crippen LogP contribution in [0, 0.1) is 0 Å². The van der Waals surface area contributed by atoms with Gasteiger partial charge in [0.2, 0.25) is 0 Å². The second kappa shape index (κ2) is 8.06. The Hall–Kier alpha value is -1.34. The van der Waals surface area contributed by atoms with Crippen molar-refractivity contribution in [2.24, 2.45) is 0 Å². The second-order valence-electron chi connectivity index (χ2n) is 5.24. The summed E-state index contributed by atoms with van der Waals surface area (Å²) in [6.07, 6.45) is 2.43. The van der Waals surface area contributed by atoms with Crippen molar-refractivity contribution in [1.82, 2.24) is 15.1 Å². The lowest BCUT2D eigenvalue weighted by molar-refractivity contribution is -0.137. The van der Waals surface area contributed by atoms with Gasteiger partial charge in [-0.05, 0) is 26.8 Å². The zero-order chi connectivity index (χ0) is 15.1. The fraction of sp³-hybridized carbons (Fsp3) is 0.846. The van der Waals surface area contributed by atoms with E-state index in [1.165, 1.54) is 24.9 Å². The zero-order valence-corrected chi connectivity index (χ0v) is 12.5. The molecule has 0 aromatic carbocycles. The van der Waals surface area contributed by atoms with Gasteiger partial charge in [0.05, 0.1) is 6.61 Å². The predicted molar refractivity (Wildman–Crippen MR) is 74.7 cm³/mol. The van der Waals surface area contributed by atoms with Crippen LogP contribution in [0.3, 0.4) is 0 Å². The third-order valence-electron chi connectivity index (χ3n) is 3.55. The summed E-state index contributed by atoms with van der Waals surface area (Å²) in [5.74, 6) is -1.03. The molecule has 0 aromatic rings. The zero-order valence-electron chi connectivity index (χ0n) is 12.5. The molecule has 1 aliphatic carbocycles. The van der Waals surface area contributed by atoms with Gasteiger partial charge < -0.3 is 20.1 Å². The maximum Gasteiger partial charge on any atom is 0.323 e. The van der Waals surface area contributed by atoms with Crippen LogP contribution in [-0.2, 0) is 9.53 Å². The van der Waals surface area contributed by atoms with Gasteiger partial charge in [0, 0.05) is 32.3 Å². The van der Waals surface area contributed by atoms with Crippen LogP contribution < -0.4 is 5.32 Å². The Bertz CT molecular complexity index is 334. The number of nitrogens with zero attached hydrogens (tertiary/aromatic N) is 2. The molecule has 0 radical (unpaired) electrons. The first-order valence-electron chi connectivity index (χ1n) is 6.91. The number of hydrogen-bond acceptors (Lipinski definition) is 4. The second-order valence-corrected chi connectivity index (χ2v) is 5.24. The summed E-state index contributed by atoms with van der Waals surface area (Å²) in [4.78, 5) is 26.2. The van der Waals surface area contributed by atoms with Crippen LogP contribution in [0.2, 0.25) is 0 Å². The van der Waals surface area contributed by atoms with Crippen LogP contribution in [0.5, 0.6) is 0 Å². The molecule has 0 aromatic heterocycles. The molecule has 1 saturated carbocycles. The van der Waals surface area contributed by atoms with Gasteiger partial charge in [-0.2, -0.15) is 0 Å². The molecule has 1 unspecified atom stereocenters. The molecule has 7 heteroatoms. The number of hydrogen-bond donors (Lipinski definition) is 2. The molecule has 0 spiro atoms. The molecule has 0 aliphatic heterocycles. The van der Waals surface area contributed by atoms with Crippen LogP contribution in [0.4, 0.5) is 4.79 Å². The van der Waals surface area contributed by atoms with E-state index in [4.69, 9.17) is 9.84 Å². The van der Waals surface area contributed by atoms with E-state index in [1.807, 2.05) is 0 Å². The highest BCUT2D eigenvalue weighted by atomic mass is 16.5. The number of carbonyl (C=O) groups is 2. The third-order valence-corrected chi connectivity index (χ3v) is 3.55. The Morgan fingerprint density at radius 2 is 2.10 bits per heavy atom. The molecule has 1 fully saturated rings. The topological polar surface area (TPSA) is 82.1 Å². The van der Waals surface area contributed by atoms with Crippen LogP contribution in [0.25, 0.3) is 0 Å². The highest BCUT2D eigenvalue weighted by Crippen LogP contribution is 2.26. The van der Waals surface area contributed by atoms with Gasteiger partial charge >= 0.3 is 12.0 Å². The van der Waals surface area contributed by atoms with Gasteiger partial charge in [0.15, 0.2) is 0 Å². The Balaban J connectivity index is 2.37. The highest BCUT2D eigenvalue weighted by molar-refractivity contribution is 5.80. The first-order chi connectivity index (χ1) is 9.45.